The highest BCUT2D eigenvalue weighted by Gasteiger charge is 2.46. The molecule has 0 unspecified atom stereocenters. The van der Waals surface area contributed by atoms with E-state index in [1.54, 1.807) is 9.80 Å². The van der Waals surface area contributed by atoms with Gasteiger partial charge in [0.1, 0.15) is 17.8 Å². The van der Waals surface area contributed by atoms with Gasteiger partial charge in [-0.3, -0.25) is 19.2 Å². The zero-order chi connectivity index (χ0) is 27.9. The van der Waals surface area contributed by atoms with Crippen molar-refractivity contribution >= 4 is 34.5 Å². The van der Waals surface area contributed by atoms with Crippen LogP contribution in [0.1, 0.15) is 49.2 Å². The molecule has 1 aromatic heterocycles. The molecule has 0 spiro atoms. The van der Waals surface area contributed by atoms with Gasteiger partial charge in [0.05, 0.1) is 13.2 Å². The molecule has 2 aromatic rings. The number of aromatic amines is 1. The smallest absolute Gasteiger partial charge is 0.270 e. The van der Waals surface area contributed by atoms with Crippen LogP contribution in [0.5, 0.6) is 0 Å². The Hall–Kier alpha value is -3.54. The first-order chi connectivity index (χ1) is 18.5. The van der Waals surface area contributed by atoms with Crippen molar-refractivity contribution in [3.05, 3.63) is 35.5 Å². The number of carbonyl (C=O) groups is 4. The molecule has 10 nitrogen and oxygen atoms in total. The average molecular weight is 546 g/mol. The number of amides is 4. The van der Waals surface area contributed by atoms with Crippen LogP contribution >= 0.6 is 0 Å². The van der Waals surface area contributed by atoms with Crippen LogP contribution in [0, 0.1) is 0 Å². The Kier molecular flexibility index (Phi) is 7.32. The largest absolute Gasteiger partial charge is 0.378 e. The maximum absolute atomic E-state index is 13.9. The number of hydrogen-bond acceptors (Lipinski definition) is 5. The van der Waals surface area contributed by atoms with Crippen molar-refractivity contribution < 1.29 is 32.7 Å². The molecule has 5 rings (SSSR count). The fourth-order valence-electron chi connectivity index (χ4n) is 5.77. The van der Waals surface area contributed by atoms with Crippen molar-refractivity contribution in [2.45, 2.75) is 57.2 Å². The van der Waals surface area contributed by atoms with E-state index in [4.69, 9.17) is 4.74 Å². The Labute approximate surface area is 224 Å². The highest BCUT2D eigenvalue weighted by atomic mass is 19.3. The van der Waals surface area contributed by atoms with E-state index in [2.05, 4.69) is 10.3 Å². The Balaban J connectivity index is 1.40. The van der Waals surface area contributed by atoms with Gasteiger partial charge >= 0.3 is 0 Å². The second-order valence-corrected chi connectivity index (χ2v) is 10.6. The Morgan fingerprint density at radius 2 is 1.79 bits per heavy atom. The quantitative estimate of drug-likeness (QED) is 0.609. The molecule has 3 aliphatic rings. The zero-order valence-electron chi connectivity index (χ0n) is 22.0. The van der Waals surface area contributed by atoms with Crippen LogP contribution in [0.2, 0.25) is 0 Å². The summed E-state index contributed by atoms with van der Waals surface area (Å²) < 4.78 is 32.9. The van der Waals surface area contributed by atoms with Crippen LogP contribution in [0.25, 0.3) is 10.9 Å². The number of halogens is 2. The van der Waals surface area contributed by atoms with Crippen LogP contribution in [0.3, 0.4) is 0 Å². The van der Waals surface area contributed by atoms with Crippen molar-refractivity contribution in [3.63, 3.8) is 0 Å². The van der Waals surface area contributed by atoms with E-state index in [1.165, 1.54) is 36.1 Å². The first kappa shape index (κ1) is 27.0. The number of H-pyrrole nitrogens is 1. The number of alkyl halides is 2. The van der Waals surface area contributed by atoms with Gasteiger partial charge in [0.2, 0.25) is 17.7 Å². The van der Waals surface area contributed by atoms with Crippen LogP contribution in [-0.2, 0) is 25.0 Å². The van der Waals surface area contributed by atoms with E-state index >= 15 is 0 Å². The summed E-state index contributed by atoms with van der Waals surface area (Å²) in [6, 6.07) is 3.61. The van der Waals surface area contributed by atoms with E-state index < -0.39 is 29.8 Å². The molecule has 0 radical (unpaired) electrons. The molecule has 0 bridgehead atoms. The van der Waals surface area contributed by atoms with Crippen molar-refractivity contribution in [2.75, 3.05) is 39.4 Å². The summed E-state index contributed by atoms with van der Waals surface area (Å²) in [5, 5.41) is 3.18. The molecular weight excluding hydrogens is 512 g/mol. The van der Waals surface area contributed by atoms with Crippen molar-refractivity contribution in [1.82, 2.24) is 25.0 Å². The average Bonchev–Trinajstić information content (AvgIpc) is 3.52. The minimum Gasteiger partial charge on any atom is -0.378 e. The van der Waals surface area contributed by atoms with E-state index in [9.17, 15) is 28.0 Å². The number of morpholine rings is 1. The molecule has 3 fully saturated rings. The monoisotopic (exact) mass is 545 g/mol. The maximum atomic E-state index is 13.9. The Morgan fingerprint density at radius 1 is 1.05 bits per heavy atom. The standard InChI is InChI=1S/C27H33F2N5O5/c1-16(35)33-8-7-19-4-6-23(26(38)32-9-11-39-12-10-32)34(19)25(37)22(15-33)31-24(36)21-14-17-13-18(27(2,28)29)3-5-20(17)30-21/h3,5,13-14,19,22-23,30H,4,6-12,15H2,1-2H3,(H,31,36)/t19-,22+,23+/m1/s1. The second-order valence-electron chi connectivity index (χ2n) is 10.6. The molecule has 1 aromatic carbocycles. The lowest BCUT2D eigenvalue weighted by molar-refractivity contribution is -0.150. The molecular formula is C27H33F2N5O5. The molecule has 4 heterocycles. The molecule has 3 aliphatic heterocycles. The maximum Gasteiger partial charge on any atom is 0.270 e. The number of aromatic nitrogens is 1. The van der Waals surface area contributed by atoms with Gasteiger partial charge in [-0.15, -0.1) is 0 Å². The van der Waals surface area contributed by atoms with Gasteiger partial charge in [0.25, 0.3) is 11.8 Å². The number of hydrogen-bond donors (Lipinski definition) is 2. The van der Waals surface area contributed by atoms with Gasteiger partial charge in [-0.25, -0.2) is 8.78 Å². The predicted octanol–water partition coefficient (Wildman–Crippen LogP) is 1.85. The molecule has 3 atom stereocenters. The Morgan fingerprint density at radius 3 is 2.49 bits per heavy atom. The number of benzene rings is 1. The molecule has 39 heavy (non-hydrogen) atoms. The minimum absolute atomic E-state index is 0.0337. The van der Waals surface area contributed by atoms with Crippen LogP contribution in [0.4, 0.5) is 8.78 Å². The predicted molar refractivity (Wildman–Crippen MR) is 137 cm³/mol. The number of carbonyl (C=O) groups excluding carboxylic acids is 4. The van der Waals surface area contributed by atoms with Crippen molar-refractivity contribution in [2.24, 2.45) is 0 Å². The number of ether oxygens (including phenoxy) is 1. The molecule has 210 valence electrons. The summed E-state index contributed by atoms with van der Waals surface area (Å²) in [6.45, 7) is 4.41. The van der Waals surface area contributed by atoms with Crippen molar-refractivity contribution in [1.29, 1.82) is 0 Å². The van der Waals surface area contributed by atoms with Gasteiger partial charge in [-0.1, -0.05) is 6.07 Å². The highest BCUT2D eigenvalue weighted by Crippen LogP contribution is 2.32. The molecule has 0 saturated carbocycles. The molecule has 0 aliphatic carbocycles. The molecule has 4 amide bonds. The first-order valence-corrected chi connectivity index (χ1v) is 13.3. The summed E-state index contributed by atoms with van der Waals surface area (Å²) in [7, 11) is 0. The van der Waals surface area contributed by atoms with Gasteiger partial charge in [-0.05, 0) is 37.5 Å². The van der Waals surface area contributed by atoms with E-state index in [0.717, 1.165) is 6.92 Å². The number of nitrogens with zero attached hydrogens (tertiary/aromatic N) is 3. The second kappa shape index (κ2) is 10.6. The summed E-state index contributed by atoms with van der Waals surface area (Å²) in [4.78, 5) is 60.7. The normalized spacial score (nSPS) is 24.4. The summed E-state index contributed by atoms with van der Waals surface area (Å²) >= 11 is 0. The topological polar surface area (TPSA) is 115 Å². The summed E-state index contributed by atoms with van der Waals surface area (Å²) in [6.07, 6.45) is 1.69. The third-order valence-corrected chi connectivity index (χ3v) is 7.92. The third kappa shape index (κ3) is 5.47. The van der Waals surface area contributed by atoms with Gasteiger partial charge < -0.3 is 29.7 Å². The fraction of sp³-hybridized carbons (Fsp3) is 0.556. The highest BCUT2D eigenvalue weighted by molar-refractivity contribution is 6.01. The minimum atomic E-state index is -3.03. The zero-order valence-corrected chi connectivity index (χ0v) is 22.0. The van der Waals surface area contributed by atoms with Gasteiger partial charge in [0.15, 0.2) is 0 Å². The fourth-order valence-corrected chi connectivity index (χ4v) is 5.77. The lowest BCUT2D eigenvalue weighted by atomic mass is 10.1. The summed E-state index contributed by atoms with van der Waals surface area (Å²) in [5.41, 5.74) is 0.423. The van der Waals surface area contributed by atoms with Crippen LogP contribution < -0.4 is 5.32 Å². The number of nitrogens with one attached hydrogen (secondary N) is 2. The van der Waals surface area contributed by atoms with E-state index in [1.807, 2.05) is 0 Å². The SMILES string of the molecule is CC(=O)N1CC[C@H]2CC[C@@H](C(=O)N3CCOCC3)N2C(=O)[C@@H](NC(=O)c2cc3cc(C(C)(F)F)ccc3[nH]2)C1. The van der Waals surface area contributed by atoms with Crippen molar-refractivity contribution in [3.8, 4) is 0 Å². The number of rotatable bonds is 4. The molecule has 12 heteroatoms. The van der Waals surface area contributed by atoms with Gasteiger partial charge in [0, 0.05) is 62.5 Å². The van der Waals surface area contributed by atoms with Gasteiger partial charge in [-0.2, -0.15) is 0 Å². The first-order valence-electron chi connectivity index (χ1n) is 13.3. The number of fused-ring (bicyclic) bond motifs is 2. The van der Waals surface area contributed by atoms with E-state index in [0.29, 0.717) is 63.0 Å². The van der Waals surface area contributed by atoms with Crippen LogP contribution in [0.15, 0.2) is 24.3 Å². The Bertz CT molecular complexity index is 1290. The van der Waals surface area contributed by atoms with Crippen LogP contribution in [-0.4, -0.2) is 101 Å². The summed E-state index contributed by atoms with van der Waals surface area (Å²) in [5.74, 6) is -4.38. The third-order valence-electron chi connectivity index (χ3n) is 7.92. The lowest BCUT2D eigenvalue weighted by Gasteiger charge is -2.40. The molecule has 2 N–H and O–H groups in total. The lowest BCUT2D eigenvalue weighted by Crippen LogP contribution is -2.61. The van der Waals surface area contributed by atoms with E-state index in [-0.39, 0.29) is 35.7 Å². The molecule has 3 saturated heterocycles.